The van der Waals surface area contributed by atoms with Gasteiger partial charge in [0.05, 0.1) is 24.2 Å². The molecule has 0 radical (unpaired) electrons. The van der Waals surface area contributed by atoms with Crippen molar-refractivity contribution in [3.8, 4) is 0 Å². The van der Waals surface area contributed by atoms with Gasteiger partial charge in [0, 0.05) is 30.7 Å². The quantitative estimate of drug-likeness (QED) is 0.213. The van der Waals surface area contributed by atoms with Crippen LogP contribution in [0.3, 0.4) is 0 Å². The van der Waals surface area contributed by atoms with Crippen molar-refractivity contribution in [2.24, 2.45) is 10.9 Å². The lowest BCUT2D eigenvalue weighted by Crippen LogP contribution is -2.66. The van der Waals surface area contributed by atoms with Crippen LogP contribution in [0.15, 0.2) is 45.9 Å². The molecule has 2 bridgehead atoms. The lowest BCUT2D eigenvalue weighted by atomic mass is 9.74. The number of quaternary nitrogens is 1. The zero-order valence-corrected chi connectivity index (χ0v) is 20.1. The molecular formula is C27H35N3O4. The summed E-state index contributed by atoms with van der Waals surface area (Å²) in [5, 5.41) is 16.5. The van der Waals surface area contributed by atoms with Crippen LogP contribution in [0, 0.1) is 12.8 Å². The van der Waals surface area contributed by atoms with Gasteiger partial charge in [0.1, 0.15) is 13.1 Å². The van der Waals surface area contributed by atoms with Gasteiger partial charge in [0.15, 0.2) is 6.10 Å². The van der Waals surface area contributed by atoms with Crippen LogP contribution in [-0.4, -0.2) is 53.8 Å². The molecule has 1 atom stereocenters. The fraction of sp³-hybridized carbons (Fsp3) is 0.593. The van der Waals surface area contributed by atoms with Crippen molar-refractivity contribution < 1.29 is 23.6 Å². The van der Waals surface area contributed by atoms with E-state index in [2.05, 4.69) is 22.3 Å². The Labute approximate surface area is 201 Å². The van der Waals surface area contributed by atoms with Crippen molar-refractivity contribution >= 4 is 17.8 Å². The summed E-state index contributed by atoms with van der Waals surface area (Å²) in [5.41, 5.74) is 1.24. The molecule has 7 heteroatoms. The first-order chi connectivity index (χ1) is 16.5. The molecule has 1 saturated carbocycles. The highest BCUT2D eigenvalue weighted by molar-refractivity contribution is 5.83. The maximum atomic E-state index is 13.9. The zero-order chi connectivity index (χ0) is 23.6. The van der Waals surface area contributed by atoms with Crippen LogP contribution in [0.5, 0.6) is 0 Å². The first kappa shape index (κ1) is 23.1. The fourth-order valence-electron chi connectivity index (χ4n) is 6.38. The number of rotatable bonds is 6. The standard InChI is InChI=1S/C27H35N3O4/c1-20-17-25(34-29-20)28-24(31)19-30-15-11-21(12-16-30)23(18-30)33-26(32)27(13-7-2-3-8-14-27)22-9-5-4-6-10-22/h4-6,9-10,17,21,23H,2-3,7-8,11-16,18-19H2,1H3/t21?,23-,30?/m0/s1. The summed E-state index contributed by atoms with van der Waals surface area (Å²) in [6.45, 7) is 4.67. The number of hydrogen-bond acceptors (Lipinski definition) is 6. The predicted octanol–water partition coefficient (Wildman–Crippen LogP) is 3.82. The van der Waals surface area contributed by atoms with Crippen molar-refractivity contribution in [3.05, 3.63) is 47.7 Å². The van der Waals surface area contributed by atoms with E-state index in [4.69, 9.17) is 9.26 Å². The molecule has 0 spiro atoms. The second kappa shape index (κ2) is 9.53. The molecular weight excluding hydrogens is 430 g/mol. The maximum absolute atomic E-state index is 13.9. The third-order valence-corrected chi connectivity index (χ3v) is 8.30. The van der Waals surface area contributed by atoms with Crippen LogP contribution in [0.25, 0.3) is 0 Å². The van der Waals surface area contributed by atoms with E-state index in [1.54, 1.807) is 13.0 Å². The number of nitrogens with zero attached hydrogens (tertiary/aromatic N) is 3. The average molecular weight is 466 g/mol. The first-order valence-electron chi connectivity index (χ1n) is 12.8. The number of benzene rings is 1. The van der Waals surface area contributed by atoms with Crippen molar-refractivity contribution in [2.45, 2.75) is 69.8 Å². The number of piperidine rings is 3. The molecule has 3 saturated heterocycles. The van der Waals surface area contributed by atoms with Gasteiger partial charge in [-0.05, 0) is 25.3 Å². The van der Waals surface area contributed by atoms with Gasteiger partial charge < -0.3 is 18.8 Å². The second-order valence-corrected chi connectivity index (χ2v) is 10.6. The molecule has 6 rings (SSSR count). The smallest absolute Gasteiger partial charge is 0.317 e. The number of aliphatic imine (C=N–C) groups is 1. The van der Waals surface area contributed by atoms with E-state index in [9.17, 15) is 9.90 Å². The number of ether oxygens (including phenoxy) is 1. The van der Waals surface area contributed by atoms with Crippen LogP contribution in [-0.2, 0) is 14.9 Å². The molecule has 1 aromatic carbocycles. The Kier molecular flexibility index (Phi) is 6.47. The molecule has 7 nitrogen and oxygen atoms in total. The molecule has 4 heterocycles. The monoisotopic (exact) mass is 465 g/mol. The molecule has 1 aromatic heterocycles. The molecule has 2 aromatic rings. The van der Waals surface area contributed by atoms with Gasteiger partial charge in [0.2, 0.25) is 5.88 Å². The van der Waals surface area contributed by atoms with Gasteiger partial charge in [-0.1, -0.05) is 61.2 Å². The Bertz CT molecular complexity index is 1020. The number of hydrogen-bond donors (Lipinski definition) is 0. The Morgan fingerprint density at radius 1 is 1.18 bits per heavy atom. The number of fused-ring (bicyclic) bond motifs is 3. The predicted molar refractivity (Wildman–Crippen MR) is 126 cm³/mol. The summed E-state index contributed by atoms with van der Waals surface area (Å²) < 4.78 is 12.1. The molecule has 34 heavy (non-hydrogen) atoms. The van der Waals surface area contributed by atoms with E-state index in [-0.39, 0.29) is 23.9 Å². The van der Waals surface area contributed by atoms with E-state index < -0.39 is 5.41 Å². The molecule has 1 aliphatic carbocycles. The molecule has 0 amide bonds. The number of aromatic nitrogens is 1. The third-order valence-electron chi connectivity index (χ3n) is 8.30. The normalized spacial score (nSPS) is 28.9. The van der Waals surface area contributed by atoms with Crippen molar-refractivity contribution in [1.82, 2.24) is 5.16 Å². The summed E-state index contributed by atoms with van der Waals surface area (Å²) in [6.07, 6.45) is 7.95. The minimum absolute atomic E-state index is 0.0642. The van der Waals surface area contributed by atoms with Crippen molar-refractivity contribution in [2.75, 3.05) is 26.2 Å². The Hall–Kier alpha value is -2.67. The molecule has 182 valence electrons. The van der Waals surface area contributed by atoms with Gasteiger partial charge in [-0.25, -0.2) is 4.99 Å². The first-order valence-corrected chi connectivity index (χ1v) is 12.8. The maximum Gasteiger partial charge on any atom is 0.317 e. The van der Waals surface area contributed by atoms with Gasteiger partial charge in [-0.15, -0.1) is 0 Å². The highest BCUT2D eigenvalue weighted by atomic mass is 16.5. The summed E-state index contributed by atoms with van der Waals surface area (Å²) in [4.78, 5) is 18.0. The molecule has 4 aliphatic rings. The van der Waals surface area contributed by atoms with Crippen molar-refractivity contribution in [1.29, 1.82) is 0 Å². The largest absolute Gasteiger partial charge is 0.858 e. The summed E-state index contributed by atoms with van der Waals surface area (Å²) in [7, 11) is 0. The van der Waals surface area contributed by atoms with Gasteiger partial charge in [-0.2, -0.15) is 0 Å². The SMILES string of the molecule is Cc1cc(/N=C(\[O-])C[N+]23CCC(CC2)[C@@H](OC(=O)C2(c4ccccc4)CCCCCC2)C3)on1. The average Bonchev–Trinajstić information content (AvgIpc) is 3.09. The number of aryl methyl sites for hydroxylation is 1. The highest BCUT2D eigenvalue weighted by Gasteiger charge is 2.50. The minimum Gasteiger partial charge on any atom is -0.858 e. The van der Waals surface area contributed by atoms with E-state index >= 15 is 0 Å². The van der Waals surface area contributed by atoms with Crippen LogP contribution < -0.4 is 5.11 Å². The minimum atomic E-state index is -0.552. The lowest BCUT2D eigenvalue weighted by molar-refractivity contribution is -0.939. The van der Waals surface area contributed by atoms with Gasteiger partial charge in [-0.3, -0.25) is 4.79 Å². The summed E-state index contributed by atoms with van der Waals surface area (Å²) in [6, 6.07) is 11.9. The fourth-order valence-corrected chi connectivity index (χ4v) is 6.38. The van der Waals surface area contributed by atoms with Crippen LogP contribution >= 0.6 is 0 Å². The topological polar surface area (TPSA) is 87.8 Å². The number of esters is 1. The highest BCUT2D eigenvalue weighted by Crippen LogP contribution is 2.42. The van der Waals surface area contributed by atoms with Gasteiger partial charge in [0.25, 0.3) is 0 Å². The van der Waals surface area contributed by atoms with E-state index in [1.807, 2.05) is 18.2 Å². The van der Waals surface area contributed by atoms with Crippen LogP contribution in [0.1, 0.15) is 62.6 Å². The second-order valence-electron chi connectivity index (χ2n) is 10.6. The molecule has 4 fully saturated rings. The molecule has 0 N–H and O–H groups in total. The Morgan fingerprint density at radius 2 is 1.88 bits per heavy atom. The van der Waals surface area contributed by atoms with E-state index in [1.165, 1.54) is 12.8 Å². The molecule has 3 aliphatic heterocycles. The summed E-state index contributed by atoms with van der Waals surface area (Å²) in [5.74, 6) is 0.372. The Morgan fingerprint density at radius 3 is 2.53 bits per heavy atom. The van der Waals surface area contributed by atoms with Crippen LogP contribution in [0.4, 0.5) is 5.88 Å². The van der Waals surface area contributed by atoms with E-state index in [0.29, 0.717) is 29.2 Å². The third kappa shape index (κ3) is 4.63. The molecule has 0 unspecified atom stereocenters. The van der Waals surface area contributed by atoms with Gasteiger partial charge >= 0.3 is 5.97 Å². The summed E-state index contributed by atoms with van der Waals surface area (Å²) >= 11 is 0. The zero-order valence-electron chi connectivity index (χ0n) is 20.1. The lowest BCUT2D eigenvalue weighted by Gasteiger charge is -2.53. The van der Waals surface area contributed by atoms with Crippen LogP contribution in [0.2, 0.25) is 0 Å². The van der Waals surface area contributed by atoms with Crippen molar-refractivity contribution in [3.63, 3.8) is 0 Å². The van der Waals surface area contributed by atoms with E-state index in [0.717, 1.165) is 57.2 Å². The number of carbonyl (C=O) groups is 1. The number of carbonyl (C=O) groups excluding carboxylic acids is 1. The Balaban J connectivity index is 1.33.